The van der Waals surface area contributed by atoms with E-state index in [0.29, 0.717) is 5.56 Å². The fraction of sp³-hybridized carbons (Fsp3) is 0.182. The van der Waals surface area contributed by atoms with Crippen LogP contribution in [0.3, 0.4) is 0 Å². The van der Waals surface area contributed by atoms with Gasteiger partial charge in [-0.05, 0) is 24.6 Å². The second-order valence-electron chi connectivity index (χ2n) is 3.31. The van der Waals surface area contributed by atoms with Gasteiger partial charge in [0.2, 0.25) is 0 Å². The van der Waals surface area contributed by atoms with E-state index in [2.05, 4.69) is 0 Å². The number of hydrogen-bond donors (Lipinski definition) is 0. The molecule has 0 aliphatic carbocycles. The van der Waals surface area contributed by atoms with Crippen molar-refractivity contribution < 1.29 is 18.3 Å². The van der Waals surface area contributed by atoms with Crippen LogP contribution in [0.4, 0.5) is 8.78 Å². The molecule has 1 aliphatic rings. The maximum absolute atomic E-state index is 13.5. The van der Waals surface area contributed by atoms with E-state index in [9.17, 15) is 13.6 Å². The normalized spacial score (nSPS) is 20.7. The third-order valence-electron chi connectivity index (χ3n) is 2.29. The molecule has 1 atom stereocenters. The minimum Gasteiger partial charge on any atom is -0.447 e. The van der Waals surface area contributed by atoms with Crippen molar-refractivity contribution in [1.29, 1.82) is 0 Å². The van der Waals surface area contributed by atoms with Gasteiger partial charge in [0, 0.05) is 0 Å². The van der Waals surface area contributed by atoms with Crippen LogP contribution in [0.25, 0.3) is 0 Å². The summed E-state index contributed by atoms with van der Waals surface area (Å²) in [5.74, 6) is -1.68. The summed E-state index contributed by atoms with van der Waals surface area (Å²) in [7, 11) is 0. The van der Waals surface area contributed by atoms with Crippen molar-refractivity contribution in [3.8, 4) is 0 Å². The van der Waals surface area contributed by atoms with E-state index in [-0.39, 0.29) is 5.57 Å². The van der Waals surface area contributed by atoms with Gasteiger partial charge in [-0.15, -0.1) is 0 Å². The SMILES string of the molecule is CC1=C(F)C(c2ccc(F)cc2)OC1=O. The topological polar surface area (TPSA) is 26.3 Å². The summed E-state index contributed by atoms with van der Waals surface area (Å²) in [5, 5.41) is 0. The van der Waals surface area contributed by atoms with E-state index in [1.165, 1.54) is 31.2 Å². The van der Waals surface area contributed by atoms with Crippen LogP contribution in [0.1, 0.15) is 18.6 Å². The van der Waals surface area contributed by atoms with E-state index in [0.717, 1.165) is 0 Å². The Balaban J connectivity index is 2.35. The Morgan fingerprint density at radius 2 is 1.80 bits per heavy atom. The quantitative estimate of drug-likeness (QED) is 0.666. The Morgan fingerprint density at radius 1 is 1.20 bits per heavy atom. The summed E-state index contributed by atoms with van der Waals surface area (Å²) in [6.07, 6.45) is -1.02. The van der Waals surface area contributed by atoms with Crippen molar-refractivity contribution in [3.05, 3.63) is 47.0 Å². The first kappa shape index (κ1) is 9.83. The lowest BCUT2D eigenvalue weighted by Gasteiger charge is -2.09. The van der Waals surface area contributed by atoms with Crippen molar-refractivity contribution in [2.24, 2.45) is 0 Å². The molecule has 0 saturated heterocycles. The van der Waals surface area contributed by atoms with Gasteiger partial charge in [0.1, 0.15) is 5.82 Å². The summed E-state index contributed by atoms with van der Waals surface area (Å²) in [6, 6.07) is 5.19. The number of esters is 1. The molecule has 4 heteroatoms. The molecule has 2 rings (SSSR count). The van der Waals surface area contributed by atoms with Gasteiger partial charge in [0.05, 0.1) is 5.57 Å². The maximum atomic E-state index is 13.5. The molecule has 1 aromatic rings. The number of rotatable bonds is 1. The number of hydrogen-bond acceptors (Lipinski definition) is 2. The van der Waals surface area contributed by atoms with Crippen molar-refractivity contribution in [2.45, 2.75) is 13.0 Å². The molecule has 0 amide bonds. The molecule has 15 heavy (non-hydrogen) atoms. The number of halogens is 2. The van der Waals surface area contributed by atoms with Gasteiger partial charge in [0.15, 0.2) is 11.9 Å². The molecule has 2 nitrogen and oxygen atoms in total. The molecule has 0 aromatic heterocycles. The van der Waals surface area contributed by atoms with E-state index in [1.807, 2.05) is 0 Å². The minimum atomic E-state index is -1.02. The van der Waals surface area contributed by atoms with Crippen LogP contribution >= 0.6 is 0 Å². The van der Waals surface area contributed by atoms with Gasteiger partial charge in [-0.3, -0.25) is 0 Å². The van der Waals surface area contributed by atoms with E-state index in [4.69, 9.17) is 4.74 Å². The van der Waals surface area contributed by atoms with Crippen molar-refractivity contribution in [1.82, 2.24) is 0 Å². The van der Waals surface area contributed by atoms with Gasteiger partial charge in [-0.1, -0.05) is 12.1 Å². The molecule has 1 unspecified atom stereocenters. The van der Waals surface area contributed by atoms with Crippen LogP contribution in [-0.4, -0.2) is 5.97 Å². The fourth-order valence-corrected chi connectivity index (χ4v) is 1.39. The summed E-state index contributed by atoms with van der Waals surface area (Å²) < 4.78 is 30.9. The zero-order valence-corrected chi connectivity index (χ0v) is 7.96. The first-order chi connectivity index (χ1) is 7.09. The molecule has 0 radical (unpaired) electrons. The van der Waals surface area contributed by atoms with Crippen LogP contribution in [-0.2, 0) is 9.53 Å². The van der Waals surface area contributed by atoms with Crippen LogP contribution in [0.2, 0.25) is 0 Å². The average Bonchev–Trinajstić information content (AvgIpc) is 2.47. The predicted octanol–water partition coefficient (Wildman–Crippen LogP) is 2.67. The van der Waals surface area contributed by atoms with Crippen LogP contribution in [0.15, 0.2) is 35.7 Å². The lowest BCUT2D eigenvalue weighted by atomic mass is 10.1. The number of carbonyl (C=O) groups is 1. The third kappa shape index (κ3) is 1.63. The smallest absolute Gasteiger partial charge is 0.337 e. The first-order valence-electron chi connectivity index (χ1n) is 4.42. The number of ether oxygens (including phenoxy) is 1. The van der Waals surface area contributed by atoms with E-state index < -0.39 is 23.7 Å². The van der Waals surface area contributed by atoms with E-state index >= 15 is 0 Å². The highest BCUT2D eigenvalue weighted by atomic mass is 19.1. The average molecular weight is 210 g/mol. The molecule has 78 valence electrons. The van der Waals surface area contributed by atoms with Crippen molar-refractivity contribution in [3.63, 3.8) is 0 Å². The second-order valence-corrected chi connectivity index (χ2v) is 3.31. The van der Waals surface area contributed by atoms with Crippen molar-refractivity contribution >= 4 is 5.97 Å². The Kier molecular flexibility index (Phi) is 2.26. The summed E-state index contributed by atoms with van der Waals surface area (Å²) in [5.41, 5.74) is 0.406. The number of cyclic esters (lactones) is 1. The van der Waals surface area contributed by atoms with Gasteiger partial charge in [-0.2, -0.15) is 0 Å². The zero-order chi connectivity index (χ0) is 11.0. The standard InChI is InChI=1S/C11H8F2O2/c1-6-9(13)10(15-11(6)14)7-2-4-8(12)5-3-7/h2-5,10H,1H3. The molecule has 0 bridgehead atoms. The van der Waals surface area contributed by atoms with E-state index in [1.54, 1.807) is 0 Å². The molecule has 0 saturated carbocycles. The number of benzene rings is 1. The highest BCUT2D eigenvalue weighted by Gasteiger charge is 2.33. The molecule has 0 fully saturated rings. The fourth-order valence-electron chi connectivity index (χ4n) is 1.39. The summed E-state index contributed by atoms with van der Waals surface area (Å²) >= 11 is 0. The molecule has 0 N–H and O–H groups in total. The van der Waals surface area contributed by atoms with Crippen LogP contribution in [0.5, 0.6) is 0 Å². The highest BCUT2D eigenvalue weighted by molar-refractivity contribution is 5.91. The highest BCUT2D eigenvalue weighted by Crippen LogP contribution is 2.35. The monoisotopic (exact) mass is 210 g/mol. The van der Waals surface area contributed by atoms with Crippen molar-refractivity contribution in [2.75, 3.05) is 0 Å². The molecule has 1 aromatic carbocycles. The van der Waals surface area contributed by atoms with Crippen LogP contribution in [0, 0.1) is 5.82 Å². The Bertz CT molecular complexity index is 434. The molecule has 1 heterocycles. The lowest BCUT2D eigenvalue weighted by Crippen LogP contribution is -2.02. The number of carbonyl (C=O) groups excluding carboxylic acids is 1. The zero-order valence-electron chi connectivity index (χ0n) is 7.96. The lowest BCUT2D eigenvalue weighted by molar-refractivity contribution is -0.140. The second kappa shape index (κ2) is 3.46. The predicted molar refractivity (Wildman–Crippen MR) is 49.0 cm³/mol. The Hall–Kier alpha value is -1.71. The molecule has 1 aliphatic heterocycles. The largest absolute Gasteiger partial charge is 0.447 e. The maximum Gasteiger partial charge on any atom is 0.337 e. The third-order valence-corrected chi connectivity index (χ3v) is 2.29. The summed E-state index contributed by atoms with van der Waals surface area (Å²) in [4.78, 5) is 11.0. The van der Waals surface area contributed by atoms with Gasteiger partial charge in [0.25, 0.3) is 0 Å². The molecular weight excluding hydrogens is 202 g/mol. The van der Waals surface area contributed by atoms with Gasteiger partial charge in [-0.25, -0.2) is 13.6 Å². The minimum absolute atomic E-state index is 0.0238. The molecule has 0 spiro atoms. The Labute approximate surface area is 85.2 Å². The van der Waals surface area contributed by atoms with Gasteiger partial charge >= 0.3 is 5.97 Å². The molecular formula is C11H8F2O2. The first-order valence-corrected chi connectivity index (χ1v) is 4.42. The van der Waals surface area contributed by atoms with Gasteiger partial charge < -0.3 is 4.74 Å². The van der Waals surface area contributed by atoms with Crippen LogP contribution < -0.4 is 0 Å². The Morgan fingerprint density at radius 3 is 2.27 bits per heavy atom. The summed E-state index contributed by atoms with van der Waals surface area (Å²) in [6.45, 7) is 1.36.